The van der Waals surface area contributed by atoms with Crippen LogP contribution < -0.4 is 10.6 Å². The van der Waals surface area contributed by atoms with E-state index in [1.807, 2.05) is 13.8 Å². The molecule has 25 heavy (non-hydrogen) atoms. The third-order valence-electron chi connectivity index (χ3n) is 4.53. The highest BCUT2D eigenvalue weighted by molar-refractivity contribution is 6.01. The minimum atomic E-state index is -0.190. The molecular weight excluding hydrogens is 308 g/mol. The van der Waals surface area contributed by atoms with E-state index in [4.69, 9.17) is 0 Å². The molecule has 2 rings (SSSR count). The summed E-state index contributed by atoms with van der Waals surface area (Å²) in [4.78, 5) is 12.7. The molecule has 0 spiro atoms. The Morgan fingerprint density at radius 3 is 1.68 bits per heavy atom. The van der Waals surface area contributed by atoms with E-state index in [2.05, 4.69) is 75.6 Å². The van der Waals surface area contributed by atoms with Gasteiger partial charge in [-0.2, -0.15) is 0 Å². The van der Waals surface area contributed by atoms with Gasteiger partial charge in [0.2, 0.25) is 0 Å². The van der Waals surface area contributed by atoms with E-state index < -0.39 is 0 Å². The van der Waals surface area contributed by atoms with Gasteiger partial charge in [-0.3, -0.25) is 0 Å². The van der Waals surface area contributed by atoms with Crippen LogP contribution in [0.4, 0.5) is 16.2 Å². The smallest absolute Gasteiger partial charge is 0.307 e. The Hall–Kier alpha value is -2.29. The normalized spacial score (nSPS) is 11.1. The van der Waals surface area contributed by atoms with Gasteiger partial charge in [-0.25, -0.2) is 4.79 Å². The van der Waals surface area contributed by atoms with Crippen molar-refractivity contribution in [3.63, 3.8) is 0 Å². The topological polar surface area (TPSA) is 41.1 Å². The number of hydrogen-bond acceptors (Lipinski definition) is 1. The number of para-hydroxylation sites is 1. The van der Waals surface area contributed by atoms with Crippen molar-refractivity contribution >= 4 is 17.4 Å². The van der Waals surface area contributed by atoms with E-state index in [0.29, 0.717) is 11.8 Å². The van der Waals surface area contributed by atoms with Gasteiger partial charge in [0.1, 0.15) is 0 Å². The SMILES string of the molecule is Cc1cc(C)c(NC(=O)Nc2c(C(C)C)cccc2C(C)C)c(C)c1. The predicted molar refractivity (Wildman–Crippen MR) is 108 cm³/mol. The number of hydrogen-bond donors (Lipinski definition) is 2. The van der Waals surface area contributed by atoms with Crippen LogP contribution in [0.25, 0.3) is 0 Å². The number of benzene rings is 2. The molecule has 0 saturated carbocycles. The van der Waals surface area contributed by atoms with E-state index in [1.165, 1.54) is 16.7 Å². The molecule has 134 valence electrons. The number of urea groups is 1. The summed E-state index contributed by atoms with van der Waals surface area (Å²) >= 11 is 0. The second-order valence-electron chi connectivity index (χ2n) is 7.47. The summed E-state index contributed by atoms with van der Waals surface area (Å²) in [5.74, 6) is 0.689. The van der Waals surface area contributed by atoms with Gasteiger partial charge in [0.15, 0.2) is 0 Å². The molecule has 3 heteroatoms. The standard InChI is InChI=1S/C22H30N2O/c1-13(2)18-9-8-10-19(14(3)4)21(18)24-22(25)23-20-16(6)11-15(5)12-17(20)7/h8-14H,1-7H3,(H2,23,24,25). The van der Waals surface area contributed by atoms with Crippen LogP contribution in [0.2, 0.25) is 0 Å². The van der Waals surface area contributed by atoms with Crippen molar-refractivity contribution < 1.29 is 4.79 Å². The highest BCUT2D eigenvalue weighted by Crippen LogP contribution is 2.32. The van der Waals surface area contributed by atoms with Crippen molar-refractivity contribution in [3.8, 4) is 0 Å². The fraction of sp³-hybridized carbons (Fsp3) is 0.409. The number of nitrogens with one attached hydrogen (secondary N) is 2. The lowest BCUT2D eigenvalue weighted by Gasteiger charge is -2.21. The van der Waals surface area contributed by atoms with Gasteiger partial charge in [0.25, 0.3) is 0 Å². The van der Waals surface area contributed by atoms with Gasteiger partial charge >= 0.3 is 6.03 Å². The Kier molecular flexibility index (Phi) is 5.89. The van der Waals surface area contributed by atoms with Crippen molar-refractivity contribution in [2.75, 3.05) is 10.6 Å². The summed E-state index contributed by atoms with van der Waals surface area (Å²) in [6.45, 7) is 14.7. The van der Waals surface area contributed by atoms with Crippen LogP contribution in [0.3, 0.4) is 0 Å². The average Bonchev–Trinajstić information content (AvgIpc) is 2.50. The quantitative estimate of drug-likeness (QED) is 0.656. The molecule has 2 amide bonds. The van der Waals surface area contributed by atoms with Crippen LogP contribution in [0.5, 0.6) is 0 Å². The maximum atomic E-state index is 12.7. The molecule has 0 unspecified atom stereocenters. The summed E-state index contributed by atoms with van der Waals surface area (Å²) < 4.78 is 0. The second-order valence-corrected chi connectivity index (χ2v) is 7.47. The maximum absolute atomic E-state index is 12.7. The monoisotopic (exact) mass is 338 g/mol. The van der Waals surface area contributed by atoms with Gasteiger partial charge < -0.3 is 10.6 Å². The zero-order valence-electron chi connectivity index (χ0n) is 16.4. The Labute approximate surface area is 151 Å². The van der Waals surface area contributed by atoms with Crippen molar-refractivity contribution in [2.45, 2.75) is 60.3 Å². The molecule has 0 fully saturated rings. The zero-order valence-corrected chi connectivity index (χ0v) is 16.4. The molecule has 0 aliphatic carbocycles. The van der Waals surface area contributed by atoms with Crippen LogP contribution in [0, 0.1) is 20.8 Å². The lowest BCUT2D eigenvalue weighted by atomic mass is 9.93. The van der Waals surface area contributed by atoms with E-state index in [-0.39, 0.29) is 6.03 Å². The van der Waals surface area contributed by atoms with Crippen LogP contribution in [0.1, 0.15) is 67.3 Å². The largest absolute Gasteiger partial charge is 0.323 e. The maximum Gasteiger partial charge on any atom is 0.323 e. The van der Waals surface area contributed by atoms with Crippen molar-refractivity contribution in [2.24, 2.45) is 0 Å². The average molecular weight is 338 g/mol. The van der Waals surface area contributed by atoms with E-state index in [0.717, 1.165) is 22.5 Å². The molecule has 0 bridgehead atoms. The number of amides is 2. The minimum Gasteiger partial charge on any atom is -0.307 e. The van der Waals surface area contributed by atoms with E-state index >= 15 is 0 Å². The van der Waals surface area contributed by atoms with E-state index in [9.17, 15) is 4.79 Å². The molecule has 0 atom stereocenters. The molecule has 0 aliphatic rings. The van der Waals surface area contributed by atoms with Crippen LogP contribution in [0.15, 0.2) is 30.3 Å². The third kappa shape index (κ3) is 4.41. The Morgan fingerprint density at radius 1 is 0.800 bits per heavy atom. The molecule has 0 saturated heterocycles. The van der Waals surface area contributed by atoms with Gasteiger partial charge in [0.05, 0.1) is 0 Å². The van der Waals surface area contributed by atoms with Crippen LogP contribution in [-0.4, -0.2) is 6.03 Å². The minimum absolute atomic E-state index is 0.190. The molecule has 2 N–H and O–H groups in total. The van der Waals surface area contributed by atoms with Gasteiger partial charge in [-0.1, -0.05) is 63.6 Å². The molecule has 0 aromatic heterocycles. The van der Waals surface area contributed by atoms with Crippen molar-refractivity contribution in [1.82, 2.24) is 0 Å². The molecule has 3 nitrogen and oxygen atoms in total. The van der Waals surface area contributed by atoms with Crippen LogP contribution in [-0.2, 0) is 0 Å². The number of carbonyl (C=O) groups excluding carboxylic acids is 1. The summed E-state index contributed by atoms with van der Waals surface area (Å²) in [5, 5.41) is 6.15. The van der Waals surface area contributed by atoms with Gasteiger partial charge in [-0.05, 0) is 54.9 Å². The summed E-state index contributed by atoms with van der Waals surface area (Å²) in [5.41, 5.74) is 7.51. The molecule has 2 aromatic rings. The fourth-order valence-corrected chi connectivity index (χ4v) is 3.33. The highest BCUT2D eigenvalue weighted by atomic mass is 16.2. The first kappa shape index (κ1) is 19.0. The third-order valence-corrected chi connectivity index (χ3v) is 4.53. The number of carbonyl (C=O) groups is 1. The first-order valence-corrected chi connectivity index (χ1v) is 8.99. The summed E-state index contributed by atoms with van der Waals surface area (Å²) in [7, 11) is 0. The Balaban J connectivity index is 2.33. The molecule has 2 aromatic carbocycles. The zero-order chi connectivity index (χ0) is 18.7. The lowest BCUT2D eigenvalue weighted by Crippen LogP contribution is -2.22. The first-order valence-electron chi connectivity index (χ1n) is 8.99. The first-order chi connectivity index (χ1) is 11.7. The number of anilines is 2. The number of aryl methyl sites for hydroxylation is 3. The summed E-state index contributed by atoms with van der Waals surface area (Å²) in [6, 6.07) is 10.2. The van der Waals surface area contributed by atoms with Gasteiger partial charge in [0, 0.05) is 11.4 Å². The molecular formula is C22H30N2O. The van der Waals surface area contributed by atoms with Crippen molar-refractivity contribution in [3.05, 3.63) is 58.1 Å². The highest BCUT2D eigenvalue weighted by Gasteiger charge is 2.16. The summed E-state index contributed by atoms with van der Waals surface area (Å²) in [6.07, 6.45) is 0. The molecule has 0 aliphatic heterocycles. The van der Waals surface area contributed by atoms with Gasteiger partial charge in [-0.15, -0.1) is 0 Å². The molecule has 0 radical (unpaired) electrons. The second kappa shape index (κ2) is 7.73. The molecule has 0 heterocycles. The Morgan fingerprint density at radius 2 is 1.24 bits per heavy atom. The Bertz CT molecular complexity index is 726. The lowest BCUT2D eigenvalue weighted by molar-refractivity contribution is 0.262. The number of rotatable bonds is 4. The van der Waals surface area contributed by atoms with Crippen molar-refractivity contribution in [1.29, 1.82) is 0 Å². The fourth-order valence-electron chi connectivity index (χ4n) is 3.33. The predicted octanol–water partition coefficient (Wildman–Crippen LogP) is 6.50. The van der Waals surface area contributed by atoms with Crippen LogP contribution >= 0.6 is 0 Å². The van der Waals surface area contributed by atoms with E-state index in [1.54, 1.807) is 0 Å².